The quantitative estimate of drug-likeness (QED) is 0.517. The molecule has 8 nitrogen and oxygen atoms in total. The van der Waals surface area contributed by atoms with Gasteiger partial charge in [0.25, 0.3) is 11.5 Å². The summed E-state index contributed by atoms with van der Waals surface area (Å²) < 4.78 is 1.91. The molecule has 1 aromatic carbocycles. The number of aromatic amines is 1. The number of amides is 1. The van der Waals surface area contributed by atoms with E-state index in [0.717, 1.165) is 23.3 Å². The molecule has 1 atom stereocenters. The molecule has 4 rings (SSSR count). The Morgan fingerprint density at radius 3 is 2.84 bits per heavy atom. The molecule has 8 heteroatoms. The minimum atomic E-state index is -0.444. The summed E-state index contributed by atoms with van der Waals surface area (Å²) in [6.07, 6.45) is 4.14. The third kappa shape index (κ3) is 4.64. The van der Waals surface area contributed by atoms with Crippen LogP contribution in [0.2, 0.25) is 0 Å². The number of nitrogens with zero attached hydrogens (tertiary/aromatic N) is 3. The molecule has 31 heavy (non-hydrogen) atoms. The van der Waals surface area contributed by atoms with Crippen molar-refractivity contribution in [2.24, 2.45) is 5.92 Å². The Balaban J connectivity index is 1.58. The van der Waals surface area contributed by atoms with Crippen molar-refractivity contribution in [1.82, 2.24) is 19.7 Å². The summed E-state index contributed by atoms with van der Waals surface area (Å²) in [4.78, 5) is 29.6. The zero-order valence-corrected chi connectivity index (χ0v) is 18.2. The van der Waals surface area contributed by atoms with Gasteiger partial charge in [0.2, 0.25) is 0 Å². The van der Waals surface area contributed by atoms with E-state index >= 15 is 0 Å². The number of aliphatic hydroxyl groups is 1. The minimum Gasteiger partial charge on any atom is -0.393 e. The van der Waals surface area contributed by atoms with Crippen LogP contribution < -0.4 is 10.9 Å². The summed E-state index contributed by atoms with van der Waals surface area (Å²) in [6.45, 7) is 4.90. The Hall–Kier alpha value is -3.13. The Morgan fingerprint density at radius 1 is 1.39 bits per heavy atom. The van der Waals surface area contributed by atoms with Gasteiger partial charge in [-0.3, -0.25) is 14.3 Å². The largest absolute Gasteiger partial charge is 0.393 e. The predicted molar refractivity (Wildman–Crippen MR) is 121 cm³/mol. The number of pyridine rings is 1. The number of carbonyl (C=O) groups excluding carboxylic acids is 1. The highest BCUT2D eigenvalue weighted by Crippen LogP contribution is 2.32. The maximum Gasteiger partial charge on any atom is 0.261 e. The Labute approximate surface area is 180 Å². The van der Waals surface area contributed by atoms with Crippen molar-refractivity contribution in [2.75, 3.05) is 18.9 Å². The van der Waals surface area contributed by atoms with Crippen LogP contribution in [0.3, 0.4) is 0 Å². The molecule has 1 aliphatic carbocycles. The third-order valence-corrected chi connectivity index (χ3v) is 5.75. The van der Waals surface area contributed by atoms with Crippen molar-refractivity contribution in [3.63, 3.8) is 0 Å². The van der Waals surface area contributed by atoms with Crippen LogP contribution in [-0.4, -0.2) is 50.4 Å². The topological polar surface area (TPSA) is 103 Å². The predicted octanol–water partition coefficient (Wildman–Crippen LogP) is 3.03. The molecule has 1 amide bonds. The molecule has 0 radical (unpaired) electrons. The van der Waals surface area contributed by atoms with Gasteiger partial charge in [-0.2, -0.15) is 5.10 Å². The highest BCUT2D eigenvalue weighted by atomic mass is 16.3. The van der Waals surface area contributed by atoms with Gasteiger partial charge in [0.05, 0.1) is 11.6 Å². The first-order valence-electron chi connectivity index (χ1n) is 10.7. The first-order chi connectivity index (χ1) is 14.8. The number of H-pyrrole nitrogens is 1. The van der Waals surface area contributed by atoms with Gasteiger partial charge in [0, 0.05) is 37.6 Å². The number of aliphatic hydroxyl groups excluding tert-OH is 1. The van der Waals surface area contributed by atoms with E-state index in [1.165, 1.54) is 12.8 Å². The van der Waals surface area contributed by atoms with Gasteiger partial charge >= 0.3 is 0 Å². The molecule has 0 saturated heterocycles. The number of anilines is 2. The SMILES string of the molecule is Cc1cc(Nc2nn(CC3CC3)c3cc[nH]c(=O)c23)ccc1C(=O)N(C)CCC(C)O. The molecule has 1 fully saturated rings. The minimum absolute atomic E-state index is 0.0831. The van der Waals surface area contributed by atoms with Gasteiger partial charge in [-0.25, -0.2) is 0 Å². The van der Waals surface area contributed by atoms with Gasteiger partial charge in [-0.15, -0.1) is 0 Å². The van der Waals surface area contributed by atoms with Gasteiger partial charge in [0.1, 0.15) is 5.39 Å². The summed E-state index contributed by atoms with van der Waals surface area (Å²) >= 11 is 0. The molecule has 3 aromatic rings. The van der Waals surface area contributed by atoms with Crippen molar-refractivity contribution in [1.29, 1.82) is 0 Å². The smallest absolute Gasteiger partial charge is 0.261 e. The molecule has 0 spiro atoms. The Morgan fingerprint density at radius 2 is 2.16 bits per heavy atom. The number of hydrogen-bond donors (Lipinski definition) is 3. The van der Waals surface area contributed by atoms with E-state index in [4.69, 9.17) is 0 Å². The van der Waals surface area contributed by atoms with Gasteiger partial charge < -0.3 is 20.3 Å². The fourth-order valence-electron chi connectivity index (χ4n) is 3.71. The average Bonchev–Trinajstić information content (AvgIpc) is 3.47. The lowest BCUT2D eigenvalue weighted by atomic mass is 10.1. The summed E-state index contributed by atoms with van der Waals surface area (Å²) in [6, 6.07) is 7.38. The van der Waals surface area contributed by atoms with E-state index in [2.05, 4.69) is 15.4 Å². The van der Waals surface area contributed by atoms with Crippen LogP contribution >= 0.6 is 0 Å². The second-order valence-electron chi connectivity index (χ2n) is 8.56. The van der Waals surface area contributed by atoms with Crippen molar-refractivity contribution >= 4 is 28.3 Å². The number of rotatable bonds is 8. The zero-order valence-electron chi connectivity index (χ0n) is 18.2. The molecule has 3 N–H and O–H groups in total. The van der Waals surface area contributed by atoms with E-state index in [0.29, 0.717) is 35.7 Å². The van der Waals surface area contributed by atoms with Crippen molar-refractivity contribution < 1.29 is 9.90 Å². The van der Waals surface area contributed by atoms with E-state index < -0.39 is 6.10 Å². The molecular weight excluding hydrogens is 394 g/mol. The normalized spacial score (nSPS) is 14.6. The van der Waals surface area contributed by atoms with E-state index in [1.807, 2.05) is 29.8 Å². The number of fused-ring (bicyclic) bond motifs is 1. The van der Waals surface area contributed by atoms with Gasteiger partial charge in [-0.05, 0) is 68.9 Å². The molecule has 1 saturated carbocycles. The molecule has 0 bridgehead atoms. The number of aromatic nitrogens is 3. The molecular formula is C23H29N5O3. The summed E-state index contributed by atoms with van der Waals surface area (Å²) in [5.74, 6) is 1.07. The van der Waals surface area contributed by atoms with E-state index in [9.17, 15) is 14.7 Å². The highest BCUT2D eigenvalue weighted by Gasteiger charge is 2.24. The number of benzene rings is 1. The molecule has 1 aliphatic rings. The lowest BCUT2D eigenvalue weighted by Gasteiger charge is -2.19. The monoisotopic (exact) mass is 423 g/mol. The Bertz CT molecular complexity index is 1160. The van der Waals surface area contributed by atoms with Crippen LogP contribution in [0, 0.1) is 12.8 Å². The van der Waals surface area contributed by atoms with Crippen LogP contribution in [0.1, 0.15) is 42.1 Å². The fourth-order valence-corrected chi connectivity index (χ4v) is 3.71. The number of aryl methyl sites for hydroxylation is 1. The summed E-state index contributed by atoms with van der Waals surface area (Å²) in [5.41, 5.74) is 2.85. The van der Waals surface area contributed by atoms with Crippen LogP contribution in [0.25, 0.3) is 10.9 Å². The second-order valence-corrected chi connectivity index (χ2v) is 8.56. The van der Waals surface area contributed by atoms with Crippen LogP contribution in [0.4, 0.5) is 11.5 Å². The first kappa shape index (κ1) is 21.1. The number of carbonyl (C=O) groups is 1. The van der Waals surface area contributed by atoms with Crippen LogP contribution in [0.15, 0.2) is 35.3 Å². The zero-order chi connectivity index (χ0) is 22.1. The third-order valence-electron chi connectivity index (χ3n) is 5.75. The van der Waals surface area contributed by atoms with Crippen LogP contribution in [0.5, 0.6) is 0 Å². The van der Waals surface area contributed by atoms with Crippen molar-refractivity contribution in [3.8, 4) is 0 Å². The molecule has 0 aliphatic heterocycles. The maximum absolute atomic E-state index is 12.7. The first-order valence-corrected chi connectivity index (χ1v) is 10.7. The molecule has 164 valence electrons. The molecule has 2 heterocycles. The average molecular weight is 424 g/mol. The second kappa shape index (κ2) is 8.55. The number of hydrogen-bond acceptors (Lipinski definition) is 5. The van der Waals surface area contributed by atoms with Crippen molar-refractivity contribution in [3.05, 3.63) is 51.9 Å². The lowest BCUT2D eigenvalue weighted by Crippen LogP contribution is -2.29. The van der Waals surface area contributed by atoms with Crippen molar-refractivity contribution in [2.45, 2.75) is 45.8 Å². The van der Waals surface area contributed by atoms with E-state index in [1.54, 1.807) is 31.1 Å². The summed E-state index contributed by atoms with van der Waals surface area (Å²) in [7, 11) is 1.74. The van der Waals surface area contributed by atoms with Gasteiger partial charge in [0.15, 0.2) is 5.82 Å². The molecule has 1 unspecified atom stereocenters. The molecule has 2 aromatic heterocycles. The Kier molecular flexibility index (Phi) is 5.82. The van der Waals surface area contributed by atoms with E-state index in [-0.39, 0.29) is 11.5 Å². The highest BCUT2D eigenvalue weighted by molar-refractivity contribution is 5.96. The maximum atomic E-state index is 12.7. The lowest BCUT2D eigenvalue weighted by molar-refractivity contribution is 0.0768. The van der Waals surface area contributed by atoms with Crippen LogP contribution in [-0.2, 0) is 6.54 Å². The van der Waals surface area contributed by atoms with Gasteiger partial charge in [-0.1, -0.05) is 0 Å². The fraction of sp³-hybridized carbons (Fsp3) is 0.435. The number of nitrogens with one attached hydrogen (secondary N) is 2. The summed E-state index contributed by atoms with van der Waals surface area (Å²) in [5, 5.41) is 17.9. The standard InChI is InChI=1S/C23H29N5O3/c1-14-12-17(6-7-18(14)23(31)27(3)11-9-15(2)29)25-21-20-19(8-10-24-22(20)30)28(26-21)13-16-4-5-16/h6-8,10,12,15-16,29H,4-5,9,11,13H2,1-3H3,(H,24,30)(H,25,26).